The van der Waals surface area contributed by atoms with Crippen LogP contribution in [0.3, 0.4) is 0 Å². The molecule has 0 aromatic rings. The van der Waals surface area contributed by atoms with Gasteiger partial charge in [0.1, 0.15) is 0 Å². The van der Waals surface area contributed by atoms with E-state index in [1.165, 1.54) is 109 Å². The maximum atomic E-state index is 7.11. The summed E-state index contributed by atoms with van der Waals surface area (Å²) in [5.41, 5.74) is 7.22. The molecule has 0 rings (SSSR count). The first kappa shape index (κ1) is 27.7. The highest BCUT2D eigenvalue weighted by molar-refractivity contribution is 8.93. The first-order valence-electron chi connectivity index (χ1n) is 11.4. The van der Waals surface area contributed by atoms with E-state index < -0.39 is 0 Å². The largest absolute Gasteiger partial charge is 0.325 e. The second-order valence-corrected chi connectivity index (χ2v) is 8.19. The van der Waals surface area contributed by atoms with Crippen LogP contribution < -0.4 is 5.73 Å². The van der Waals surface area contributed by atoms with Gasteiger partial charge in [0.05, 0.1) is 0 Å². The third-order valence-corrected chi connectivity index (χ3v) is 5.85. The summed E-state index contributed by atoms with van der Waals surface area (Å²) in [4.78, 5) is 0. The Morgan fingerprint density at radius 2 is 1.00 bits per heavy atom. The van der Waals surface area contributed by atoms with E-state index in [0.29, 0.717) is 0 Å². The van der Waals surface area contributed by atoms with Crippen LogP contribution >= 0.6 is 17.0 Å². The summed E-state index contributed by atoms with van der Waals surface area (Å²) in [6.07, 6.45) is 22.9. The van der Waals surface area contributed by atoms with Crippen molar-refractivity contribution in [2.75, 3.05) is 0 Å². The minimum atomic E-state index is 0. The fourth-order valence-corrected chi connectivity index (χ4v) is 4.18. The molecule has 0 amide bonds. The third kappa shape index (κ3) is 14.2. The predicted octanol–water partition coefficient (Wildman–Crippen LogP) is 8.59. The fourth-order valence-electron chi connectivity index (χ4n) is 4.18. The summed E-state index contributed by atoms with van der Waals surface area (Å²) in [5.74, 6) is 0.752. The molecule has 1 unspecified atom stereocenters. The molecule has 0 bridgehead atoms. The highest BCUT2D eigenvalue weighted by Gasteiger charge is 2.32. The van der Waals surface area contributed by atoms with Crippen molar-refractivity contribution in [2.45, 2.75) is 142 Å². The molecule has 0 aromatic carbocycles. The second kappa shape index (κ2) is 19.2. The lowest BCUT2D eigenvalue weighted by molar-refractivity contribution is 0.193. The van der Waals surface area contributed by atoms with Gasteiger partial charge in [0, 0.05) is 5.54 Å². The van der Waals surface area contributed by atoms with Gasteiger partial charge in [0.25, 0.3) is 0 Å². The average Bonchev–Trinajstić information content (AvgIpc) is 2.58. The Hall–Kier alpha value is 0.440. The molecule has 0 radical (unpaired) electrons. The number of rotatable bonds is 18. The van der Waals surface area contributed by atoms with E-state index in [2.05, 4.69) is 27.7 Å². The third-order valence-electron chi connectivity index (χ3n) is 5.85. The Balaban J connectivity index is 0. The molecule has 154 valence electrons. The van der Waals surface area contributed by atoms with E-state index >= 15 is 0 Å². The maximum Gasteiger partial charge on any atom is 0.0182 e. The van der Waals surface area contributed by atoms with E-state index in [-0.39, 0.29) is 22.5 Å². The molecule has 1 atom stereocenters. The monoisotopic (exact) mass is 419 g/mol. The molecule has 0 heterocycles. The van der Waals surface area contributed by atoms with E-state index in [1.54, 1.807) is 0 Å². The van der Waals surface area contributed by atoms with E-state index in [1.807, 2.05) is 0 Å². The summed E-state index contributed by atoms with van der Waals surface area (Å²) in [6, 6.07) is 0. The average molecular weight is 421 g/mol. The normalized spacial score (nSPS) is 12.8. The molecule has 0 fully saturated rings. The van der Waals surface area contributed by atoms with Gasteiger partial charge in [-0.25, -0.2) is 0 Å². The van der Waals surface area contributed by atoms with Crippen molar-refractivity contribution in [3.05, 3.63) is 0 Å². The fraction of sp³-hybridized carbons (Fsp3) is 1.00. The summed E-state index contributed by atoms with van der Waals surface area (Å²) in [6.45, 7) is 9.24. The molecule has 2 heteroatoms. The Morgan fingerprint density at radius 3 is 1.40 bits per heavy atom. The minimum Gasteiger partial charge on any atom is -0.325 e. The summed E-state index contributed by atoms with van der Waals surface area (Å²) < 4.78 is 0. The zero-order chi connectivity index (χ0) is 18.1. The van der Waals surface area contributed by atoms with Gasteiger partial charge >= 0.3 is 0 Å². The zero-order valence-electron chi connectivity index (χ0n) is 18.1. The van der Waals surface area contributed by atoms with Crippen LogP contribution in [0.2, 0.25) is 0 Å². The summed E-state index contributed by atoms with van der Waals surface area (Å²) in [7, 11) is 0. The Kier molecular flexibility index (Phi) is 21.2. The first-order valence-corrected chi connectivity index (χ1v) is 11.4. The van der Waals surface area contributed by atoms with Gasteiger partial charge in [0.2, 0.25) is 0 Å². The Bertz CT molecular complexity index is 242. The lowest BCUT2D eigenvalue weighted by atomic mass is 9.72. The summed E-state index contributed by atoms with van der Waals surface area (Å²) >= 11 is 0. The molecule has 25 heavy (non-hydrogen) atoms. The van der Waals surface area contributed by atoms with Crippen LogP contribution in [0, 0.1) is 5.92 Å². The molecule has 0 spiro atoms. The van der Waals surface area contributed by atoms with Crippen molar-refractivity contribution in [1.29, 1.82) is 0 Å². The van der Waals surface area contributed by atoms with Crippen molar-refractivity contribution >= 4 is 17.0 Å². The quantitative estimate of drug-likeness (QED) is 0.221. The van der Waals surface area contributed by atoms with Crippen molar-refractivity contribution in [2.24, 2.45) is 11.7 Å². The van der Waals surface area contributed by atoms with Crippen LogP contribution in [0.4, 0.5) is 0 Å². The van der Waals surface area contributed by atoms with Gasteiger partial charge in [-0.3, -0.25) is 0 Å². The van der Waals surface area contributed by atoms with Crippen LogP contribution in [-0.2, 0) is 0 Å². The summed E-state index contributed by atoms with van der Waals surface area (Å²) in [5, 5.41) is 0. The predicted molar refractivity (Wildman–Crippen MR) is 122 cm³/mol. The topological polar surface area (TPSA) is 26.0 Å². The molecule has 2 N–H and O–H groups in total. The van der Waals surface area contributed by atoms with Gasteiger partial charge in [-0.1, -0.05) is 111 Å². The smallest absolute Gasteiger partial charge is 0.0182 e. The van der Waals surface area contributed by atoms with Crippen LogP contribution in [0.15, 0.2) is 0 Å². The molecule has 0 saturated heterocycles. The van der Waals surface area contributed by atoms with Crippen LogP contribution in [0.1, 0.15) is 137 Å². The van der Waals surface area contributed by atoms with Gasteiger partial charge in [-0.05, 0) is 31.6 Å². The second-order valence-electron chi connectivity index (χ2n) is 8.19. The number of halogens is 1. The minimum absolute atomic E-state index is 0. The van der Waals surface area contributed by atoms with Crippen molar-refractivity contribution in [1.82, 2.24) is 0 Å². The Labute approximate surface area is 171 Å². The van der Waals surface area contributed by atoms with E-state index in [4.69, 9.17) is 5.73 Å². The lowest BCUT2D eigenvalue weighted by Gasteiger charge is -2.39. The number of hydrogen-bond acceptors (Lipinski definition) is 1. The van der Waals surface area contributed by atoms with Crippen LogP contribution in [0.25, 0.3) is 0 Å². The number of nitrogens with two attached hydrogens (primary N) is 1. The van der Waals surface area contributed by atoms with Crippen molar-refractivity contribution in [3.8, 4) is 0 Å². The van der Waals surface area contributed by atoms with Gasteiger partial charge in [0.15, 0.2) is 0 Å². The molecule has 0 aliphatic heterocycles. The number of hydrogen-bond donors (Lipinski definition) is 1. The van der Waals surface area contributed by atoms with Gasteiger partial charge in [-0.2, -0.15) is 0 Å². The molecule has 0 aliphatic carbocycles. The lowest BCUT2D eigenvalue weighted by Crippen LogP contribution is -2.47. The molecular formula is C23H50BrN. The SMILES string of the molecule is Br.CCCCCCC(CCC)C(N)(CCCCCC)CCCCCC. The van der Waals surface area contributed by atoms with Gasteiger partial charge in [-0.15, -0.1) is 17.0 Å². The molecule has 1 nitrogen and oxygen atoms in total. The standard InChI is InChI=1S/C23H49N.BrH/c1-5-9-12-15-19-22(18-8-4)23(24,20-16-13-10-6-2)21-17-14-11-7-3;/h22H,5-21,24H2,1-4H3;1H. The van der Waals surface area contributed by atoms with E-state index in [0.717, 1.165) is 5.92 Å². The van der Waals surface area contributed by atoms with Crippen molar-refractivity contribution < 1.29 is 0 Å². The molecular weight excluding hydrogens is 370 g/mol. The van der Waals surface area contributed by atoms with Crippen molar-refractivity contribution in [3.63, 3.8) is 0 Å². The molecule has 0 aromatic heterocycles. The zero-order valence-corrected chi connectivity index (χ0v) is 19.8. The van der Waals surface area contributed by atoms with Gasteiger partial charge < -0.3 is 5.73 Å². The highest BCUT2D eigenvalue weighted by atomic mass is 79.9. The van der Waals surface area contributed by atoms with E-state index in [9.17, 15) is 0 Å². The highest BCUT2D eigenvalue weighted by Crippen LogP contribution is 2.34. The van der Waals surface area contributed by atoms with Crippen LogP contribution in [0.5, 0.6) is 0 Å². The van der Waals surface area contributed by atoms with Crippen LogP contribution in [-0.4, -0.2) is 5.54 Å². The molecule has 0 saturated carbocycles. The Morgan fingerprint density at radius 1 is 0.560 bits per heavy atom. The number of unbranched alkanes of at least 4 members (excludes halogenated alkanes) is 9. The molecule has 0 aliphatic rings. The maximum absolute atomic E-state index is 7.11. The first-order chi connectivity index (χ1) is 11.6.